The standard InChI is InChI=1S/C7H12F3NO2/c1-6(2,7(8,9)10)3-4(11)5(12)13/h4H,3,11H2,1-2H3,(H,12,13)/t4-/m1/s1. The van der Waals surface area contributed by atoms with Crippen molar-refractivity contribution in [1.82, 2.24) is 0 Å². The van der Waals surface area contributed by atoms with Crippen molar-refractivity contribution in [2.75, 3.05) is 0 Å². The Morgan fingerprint density at radius 3 is 2.08 bits per heavy atom. The van der Waals surface area contributed by atoms with Crippen molar-refractivity contribution in [3.05, 3.63) is 0 Å². The zero-order chi connectivity index (χ0) is 10.9. The van der Waals surface area contributed by atoms with Crippen LogP contribution in [0.3, 0.4) is 0 Å². The molecule has 0 aromatic carbocycles. The van der Waals surface area contributed by atoms with E-state index in [-0.39, 0.29) is 0 Å². The fraction of sp³-hybridized carbons (Fsp3) is 0.857. The first-order valence-corrected chi connectivity index (χ1v) is 3.63. The quantitative estimate of drug-likeness (QED) is 0.721. The van der Waals surface area contributed by atoms with Gasteiger partial charge in [0.05, 0.1) is 5.41 Å². The van der Waals surface area contributed by atoms with Gasteiger partial charge in [-0.25, -0.2) is 0 Å². The zero-order valence-electron chi connectivity index (χ0n) is 7.35. The number of hydrogen-bond donors (Lipinski definition) is 2. The third kappa shape index (κ3) is 3.22. The Morgan fingerprint density at radius 2 is 1.85 bits per heavy atom. The van der Waals surface area contributed by atoms with Gasteiger partial charge in [0.1, 0.15) is 6.04 Å². The molecule has 0 fully saturated rings. The molecule has 0 unspecified atom stereocenters. The summed E-state index contributed by atoms with van der Waals surface area (Å²) in [6.07, 6.45) is -5.05. The van der Waals surface area contributed by atoms with Gasteiger partial charge in [-0.2, -0.15) is 13.2 Å². The smallest absolute Gasteiger partial charge is 0.394 e. The Balaban J connectivity index is 4.43. The van der Waals surface area contributed by atoms with E-state index in [1.54, 1.807) is 0 Å². The van der Waals surface area contributed by atoms with Crippen LogP contribution < -0.4 is 5.73 Å². The predicted octanol–water partition coefficient (Wildman–Crippen LogP) is 1.38. The van der Waals surface area contributed by atoms with Crippen LogP contribution in [0.15, 0.2) is 0 Å². The Morgan fingerprint density at radius 1 is 1.46 bits per heavy atom. The fourth-order valence-electron chi connectivity index (χ4n) is 0.753. The van der Waals surface area contributed by atoms with Crippen molar-refractivity contribution in [1.29, 1.82) is 0 Å². The molecule has 0 spiro atoms. The van der Waals surface area contributed by atoms with Crippen molar-refractivity contribution in [3.63, 3.8) is 0 Å². The largest absolute Gasteiger partial charge is 0.480 e. The molecule has 78 valence electrons. The van der Waals surface area contributed by atoms with Gasteiger partial charge in [0.2, 0.25) is 0 Å². The third-order valence-corrected chi connectivity index (χ3v) is 1.81. The maximum absolute atomic E-state index is 12.2. The molecule has 0 aliphatic rings. The van der Waals surface area contributed by atoms with Crippen LogP contribution in [0.5, 0.6) is 0 Å². The second-order valence-corrected chi connectivity index (χ2v) is 3.53. The summed E-state index contributed by atoms with van der Waals surface area (Å²) < 4.78 is 36.6. The lowest BCUT2D eigenvalue weighted by molar-refractivity contribution is -0.215. The minimum atomic E-state index is -4.43. The fourth-order valence-corrected chi connectivity index (χ4v) is 0.753. The summed E-state index contributed by atoms with van der Waals surface area (Å²) in [5, 5.41) is 8.32. The molecule has 0 aromatic rings. The van der Waals surface area contributed by atoms with E-state index in [4.69, 9.17) is 10.8 Å². The number of halogens is 3. The average Bonchev–Trinajstić information content (AvgIpc) is 1.83. The van der Waals surface area contributed by atoms with E-state index in [0.717, 1.165) is 13.8 Å². The number of hydrogen-bond acceptors (Lipinski definition) is 2. The molecule has 0 aromatic heterocycles. The molecule has 0 heterocycles. The molecule has 0 saturated carbocycles. The lowest BCUT2D eigenvalue weighted by Gasteiger charge is -2.28. The van der Waals surface area contributed by atoms with Gasteiger partial charge in [0.25, 0.3) is 0 Å². The van der Waals surface area contributed by atoms with Gasteiger partial charge >= 0.3 is 12.1 Å². The van der Waals surface area contributed by atoms with E-state index >= 15 is 0 Å². The number of alkyl halides is 3. The summed E-state index contributed by atoms with van der Waals surface area (Å²) >= 11 is 0. The van der Waals surface area contributed by atoms with Crippen LogP contribution >= 0.6 is 0 Å². The number of nitrogens with two attached hydrogens (primary N) is 1. The summed E-state index contributed by atoms with van der Waals surface area (Å²) in [4.78, 5) is 10.2. The van der Waals surface area contributed by atoms with Crippen LogP contribution in [0, 0.1) is 5.41 Å². The number of rotatable bonds is 3. The highest BCUT2D eigenvalue weighted by Crippen LogP contribution is 2.40. The molecule has 0 rings (SSSR count). The third-order valence-electron chi connectivity index (χ3n) is 1.81. The summed E-state index contributed by atoms with van der Waals surface area (Å²) in [7, 11) is 0. The maximum atomic E-state index is 12.2. The van der Waals surface area contributed by atoms with E-state index in [0.29, 0.717) is 0 Å². The van der Waals surface area contributed by atoms with E-state index in [2.05, 4.69) is 0 Å². The molecule has 13 heavy (non-hydrogen) atoms. The molecular weight excluding hydrogens is 187 g/mol. The molecule has 0 radical (unpaired) electrons. The molecule has 0 aliphatic carbocycles. The maximum Gasteiger partial charge on any atom is 0.394 e. The highest BCUT2D eigenvalue weighted by atomic mass is 19.4. The molecule has 3 N–H and O–H groups in total. The summed E-state index contributed by atoms with van der Waals surface area (Å²) in [6, 6.07) is -1.48. The first-order valence-electron chi connectivity index (χ1n) is 3.63. The van der Waals surface area contributed by atoms with Gasteiger partial charge in [0, 0.05) is 0 Å². The van der Waals surface area contributed by atoms with Gasteiger partial charge in [-0.3, -0.25) is 4.79 Å². The lowest BCUT2D eigenvalue weighted by atomic mass is 9.85. The van der Waals surface area contributed by atoms with Crippen molar-refractivity contribution in [3.8, 4) is 0 Å². The molecule has 6 heteroatoms. The van der Waals surface area contributed by atoms with Crippen LogP contribution in [0.25, 0.3) is 0 Å². The van der Waals surface area contributed by atoms with E-state index < -0.39 is 30.0 Å². The molecule has 0 amide bonds. The second-order valence-electron chi connectivity index (χ2n) is 3.53. The van der Waals surface area contributed by atoms with Crippen LogP contribution in [-0.4, -0.2) is 23.3 Å². The van der Waals surface area contributed by atoms with Gasteiger partial charge < -0.3 is 10.8 Å². The minimum absolute atomic E-state index is 0.619. The van der Waals surface area contributed by atoms with Crippen LogP contribution in [0.2, 0.25) is 0 Å². The van der Waals surface area contributed by atoms with Gasteiger partial charge in [0.15, 0.2) is 0 Å². The highest BCUT2D eigenvalue weighted by molar-refractivity contribution is 5.73. The van der Waals surface area contributed by atoms with E-state index in [9.17, 15) is 18.0 Å². The Labute approximate surface area is 73.7 Å². The molecular formula is C7H12F3NO2. The average molecular weight is 199 g/mol. The van der Waals surface area contributed by atoms with Crippen LogP contribution in [0.1, 0.15) is 20.3 Å². The Hall–Kier alpha value is -0.780. The highest BCUT2D eigenvalue weighted by Gasteiger charge is 2.48. The van der Waals surface area contributed by atoms with Gasteiger partial charge in [-0.1, -0.05) is 13.8 Å². The first-order chi connectivity index (χ1) is 5.58. The molecule has 1 atom stereocenters. The Kier molecular flexibility index (Phi) is 3.32. The molecule has 0 aliphatic heterocycles. The van der Waals surface area contributed by atoms with Crippen molar-refractivity contribution in [2.24, 2.45) is 11.1 Å². The lowest BCUT2D eigenvalue weighted by Crippen LogP contribution is -2.41. The van der Waals surface area contributed by atoms with Gasteiger partial charge in [-0.05, 0) is 6.42 Å². The SMILES string of the molecule is CC(C)(C[C@@H](N)C(=O)O)C(F)(F)F. The topological polar surface area (TPSA) is 63.3 Å². The van der Waals surface area contributed by atoms with Crippen molar-refractivity contribution >= 4 is 5.97 Å². The summed E-state index contributed by atoms with van der Waals surface area (Å²) in [5.41, 5.74) is 2.94. The summed E-state index contributed by atoms with van der Waals surface area (Å²) in [5.74, 6) is -1.42. The van der Waals surface area contributed by atoms with Gasteiger partial charge in [-0.15, -0.1) is 0 Å². The molecule has 3 nitrogen and oxygen atoms in total. The molecule has 0 saturated heterocycles. The van der Waals surface area contributed by atoms with Crippen LogP contribution in [0.4, 0.5) is 13.2 Å². The van der Waals surface area contributed by atoms with E-state index in [1.807, 2.05) is 0 Å². The van der Waals surface area contributed by atoms with Crippen LogP contribution in [-0.2, 0) is 4.79 Å². The zero-order valence-corrected chi connectivity index (χ0v) is 7.35. The number of aliphatic carboxylic acids is 1. The first kappa shape index (κ1) is 12.2. The molecule has 0 bridgehead atoms. The second kappa shape index (κ2) is 3.53. The Bertz CT molecular complexity index is 200. The normalized spacial score (nSPS) is 15.5. The monoisotopic (exact) mass is 199 g/mol. The number of carbonyl (C=O) groups is 1. The van der Waals surface area contributed by atoms with Crippen molar-refractivity contribution in [2.45, 2.75) is 32.5 Å². The van der Waals surface area contributed by atoms with Crippen molar-refractivity contribution < 1.29 is 23.1 Å². The van der Waals surface area contributed by atoms with E-state index in [1.165, 1.54) is 0 Å². The number of carboxylic acid groups (broad SMARTS) is 1. The number of carboxylic acids is 1. The predicted molar refractivity (Wildman–Crippen MR) is 40.1 cm³/mol. The minimum Gasteiger partial charge on any atom is -0.480 e. The summed E-state index contributed by atoms with van der Waals surface area (Å²) in [6.45, 7) is 1.85.